The second kappa shape index (κ2) is 7.24. The third-order valence-electron chi connectivity index (χ3n) is 5.44. The van der Waals surface area contributed by atoms with Crippen LogP contribution in [0.25, 0.3) is 33.4 Å². The van der Waals surface area contributed by atoms with Crippen molar-refractivity contribution in [1.29, 1.82) is 0 Å². The van der Waals surface area contributed by atoms with Crippen LogP contribution >= 0.6 is 0 Å². The van der Waals surface area contributed by atoms with E-state index in [2.05, 4.69) is 20.3 Å². The van der Waals surface area contributed by atoms with Crippen LogP contribution < -0.4 is 0 Å². The largest absolute Gasteiger partial charge is 0.378 e. The lowest BCUT2D eigenvalue weighted by molar-refractivity contribution is -0.0192. The summed E-state index contributed by atoms with van der Waals surface area (Å²) >= 11 is 0. The van der Waals surface area contributed by atoms with Crippen LogP contribution in [0.3, 0.4) is 0 Å². The zero-order valence-corrected chi connectivity index (χ0v) is 16.8. The number of hydrogen-bond acceptors (Lipinski definition) is 5. The molecule has 0 saturated carbocycles. The molecule has 0 radical (unpaired) electrons. The van der Waals surface area contributed by atoms with Crippen LogP contribution in [0.4, 0.5) is 8.78 Å². The normalized spacial score (nSPS) is 14.3. The van der Waals surface area contributed by atoms with Crippen LogP contribution in [0.2, 0.25) is 0 Å². The predicted octanol–water partition coefficient (Wildman–Crippen LogP) is 2.77. The summed E-state index contributed by atoms with van der Waals surface area (Å²) in [6, 6.07) is 3.66. The molecule has 0 aliphatic carbocycles. The van der Waals surface area contributed by atoms with Gasteiger partial charge in [0.25, 0.3) is 5.91 Å². The maximum absolute atomic E-state index is 14.9. The van der Waals surface area contributed by atoms with E-state index in [1.807, 2.05) is 0 Å². The highest BCUT2D eigenvalue weighted by Crippen LogP contribution is 2.32. The molecule has 3 aromatic heterocycles. The van der Waals surface area contributed by atoms with E-state index >= 15 is 0 Å². The van der Waals surface area contributed by atoms with Gasteiger partial charge in [-0.2, -0.15) is 10.2 Å². The van der Waals surface area contributed by atoms with Crippen LogP contribution in [-0.4, -0.2) is 62.1 Å². The van der Waals surface area contributed by atoms with Crippen LogP contribution in [0.1, 0.15) is 10.4 Å². The summed E-state index contributed by atoms with van der Waals surface area (Å²) in [5.74, 6) is -2.15. The molecule has 1 fully saturated rings. The van der Waals surface area contributed by atoms with Crippen molar-refractivity contribution >= 4 is 16.8 Å². The summed E-state index contributed by atoms with van der Waals surface area (Å²) in [4.78, 5) is 18.2. The van der Waals surface area contributed by atoms with E-state index in [-0.39, 0.29) is 22.9 Å². The highest BCUT2D eigenvalue weighted by molar-refractivity contribution is 5.96. The van der Waals surface area contributed by atoms with E-state index < -0.39 is 17.5 Å². The molecule has 10 heteroatoms. The Labute approximate surface area is 175 Å². The molecular weight excluding hydrogens is 406 g/mol. The molecule has 0 spiro atoms. The Bertz CT molecular complexity index is 1290. The summed E-state index contributed by atoms with van der Waals surface area (Å²) in [5.41, 5.74) is 1.75. The molecule has 1 amide bonds. The Morgan fingerprint density at radius 1 is 1.19 bits per heavy atom. The lowest BCUT2D eigenvalue weighted by Gasteiger charge is -2.38. The number of hydrogen-bond donors (Lipinski definition) is 1. The number of aromatic amines is 1. The summed E-state index contributed by atoms with van der Waals surface area (Å²) in [6.45, 7) is 0.798. The number of ether oxygens (including phenoxy) is 1. The van der Waals surface area contributed by atoms with Crippen molar-refractivity contribution < 1.29 is 18.3 Å². The molecular formula is C21H18F2N6O2. The number of halogens is 2. The van der Waals surface area contributed by atoms with Gasteiger partial charge in [-0.1, -0.05) is 0 Å². The smallest absolute Gasteiger partial charge is 0.254 e. The molecule has 1 saturated heterocycles. The number of rotatable bonds is 4. The van der Waals surface area contributed by atoms with Gasteiger partial charge in [0.1, 0.15) is 17.3 Å². The highest BCUT2D eigenvalue weighted by atomic mass is 19.1. The number of likely N-dealkylation sites (tertiary alicyclic amines) is 1. The Hall–Kier alpha value is -3.66. The zero-order valence-electron chi connectivity index (χ0n) is 16.8. The summed E-state index contributed by atoms with van der Waals surface area (Å²) in [5, 5.41) is 11.9. The fourth-order valence-corrected chi connectivity index (χ4v) is 3.69. The molecule has 0 atom stereocenters. The van der Waals surface area contributed by atoms with E-state index in [1.54, 1.807) is 37.3 Å². The van der Waals surface area contributed by atoms with Gasteiger partial charge in [-0.15, -0.1) is 0 Å². The first-order chi connectivity index (χ1) is 14.9. The zero-order chi connectivity index (χ0) is 21.7. The van der Waals surface area contributed by atoms with Crippen molar-refractivity contribution in [2.75, 3.05) is 20.2 Å². The molecule has 1 aromatic carbocycles. The summed E-state index contributed by atoms with van der Waals surface area (Å²) < 4.78 is 36.6. The Morgan fingerprint density at radius 3 is 2.58 bits per heavy atom. The number of fused-ring (bicyclic) bond motifs is 1. The van der Waals surface area contributed by atoms with Gasteiger partial charge >= 0.3 is 0 Å². The molecule has 4 aromatic rings. The van der Waals surface area contributed by atoms with Gasteiger partial charge < -0.3 is 9.64 Å². The van der Waals surface area contributed by atoms with Crippen molar-refractivity contribution in [3.8, 4) is 22.5 Å². The molecule has 158 valence electrons. The number of pyridine rings is 1. The predicted molar refractivity (Wildman–Crippen MR) is 108 cm³/mol. The number of benzene rings is 1. The molecule has 1 aliphatic rings. The monoisotopic (exact) mass is 424 g/mol. The van der Waals surface area contributed by atoms with E-state index in [1.165, 1.54) is 11.1 Å². The molecule has 1 N–H and O–H groups in total. The number of carbonyl (C=O) groups is 1. The number of nitrogens with one attached hydrogen (secondary N) is 1. The number of methoxy groups -OCH3 is 1. The SMILES string of the molecule is COC1CN(C(=O)c2cc(F)c(-c3cc4c(-c5cnn(C)c5)n[nH]c4cn3)c(F)c2)C1. The Balaban J connectivity index is 1.52. The average molecular weight is 424 g/mol. The number of H-pyrrole nitrogens is 1. The van der Waals surface area contributed by atoms with Gasteiger partial charge in [0.05, 0.1) is 35.3 Å². The number of aromatic nitrogens is 5. The second-order valence-electron chi connectivity index (χ2n) is 7.47. The third kappa shape index (κ3) is 3.25. The van der Waals surface area contributed by atoms with E-state index in [0.717, 1.165) is 17.7 Å². The van der Waals surface area contributed by atoms with Gasteiger partial charge in [-0.25, -0.2) is 8.78 Å². The van der Waals surface area contributed by atoms with E-state index in [4.69, 9.17) is 4.74 Å². The minimum atomic E-state index is -0.856. The summed E-state index contributed by atoms with van der Waals surface area (Å²) in [7, 11) is 3.35. The van der Waals surface area contributed by atoms with E-state index in [9.17, 15) is 13.6 Å². The first-order valence-electron chi connectivity index (χ1n) is 9.59. The van der Waals surface area contributed by atoms with E-state index in [0.29, 0.717) is 29.7 Å². The second-order valence-corrected chi connectivity index (χ2v) is 7.47. The maximum atomic E-state index is 14.9. The van der Waals surface area contributed by atoms with Crippen molar-refractivity contribution in [3.05, 3.63) is 54.0 Å². The van der Waals surface area contributed by atoms with Gasteiger partial charge in [-0.3, -0.25) is 19.6 Å². The van der Waals surface area contributed by atoms with Crippen molar-refractivity contribution in [2.24, 2.45) is 7.05 Å². The average Bonchev–Trinajstić information content (AvgIpc) is 3.32. The van der Waals surface area contributed by atoms with Crippen molar-refractivity contribution in [2.45, 2.75) is 6.10 Å². The molecule has 0 bridgehead atoms. The Morgan fingerprint density at radius 2 is 1.94 bits per heavy atom. The number of aryl methyl sites for hydroxylation is 1. The highest BCUT2D eigenvalue weighted by Gasteiger charge is 2.32. The Kier molecular flexibility index (Phi) is 4.51. The number of amides is 1. The quantitative estimate of drug-likeness (QED) is 0.544. The van der Waals surface area contributed by atoms with Gasteiger partial charge in [0.15, 0.2) is 0 Å². The molecule has 1 aliphatic heterocycles. The lowest BCUT2D eigenvalue weighted by atomic mass is 10.0. The fourth-order valence-electron chi connectivity index (χ4n) is 3.69. The van der Waals surface area contributed by atoms with Crippen LogP contribution in [0.15, 0.2) is 36.8 Å². The van der Waals surface area contributed by atoms with Gasteiger partial charge in [0.2, 0.25) is 0 Å². The van der Waals surface area contributed by atoms with Gasteiger partial charge in [0, 0.05) is 50.0 Å². The topological polar surface area (TPSA) is 88.9 Å². The lowest BCUT2D eigenvalue weighted by Crippen LogP contribution is -2.54. The number of nitrogens with zero attached hydrogens (tertiary/aromatic N) is 5. The molecule has 0 unspecified atom stereocenters. The summed E-state index contributed by atoms with van der Waals surface area (Å²) in [6.07, 6.45) is 4.88. The van der Waals surface area contributed by atoms with Crippen LogP contribution in [-0.2, 0) is 11.8 Å². The fraction of sp³-hybridized carbons (Fsp3) is 0.238. The number of carbonyl (C=O) groups excluding carboxylic acids is 1. The van der Waals surface area contributed by atoms with Crippen molar-refractivity contribution in [1.82, 2.24) is 29.9 Å². The van der Waals surface area contributed by atoms with Crippen LogP contribution in [0, 0.1) is 11.6 Å². The molecule has 4 heterocycles. The third-order valence-corrected chi connectivity index (χ3v) is 5.44. The first-order valence-corrected chi connectivity index (χ1v) is 9.59. The molecule has 5 rings (SSSR count). The molecule has 31 heavy (non-hydrogen) atoms. The molecule has 8 nitrogen and oxygen atoms in total. The minimum Gasteiger partial charge on any atom is -0.378 e. The minimum absolute atomic E-state index is 0.0437. The van der Waals surface area contributed by atoms with Gasteiger partial charge in [-0.05, 0) is 18.2 Å². The maximum Gasteiger partial charge on any atom is 0.254 e. The van der Waals surface area contributed by atoms with Crippen LogP contribution in [0.5, 0.6) is 0 Å². The first kappa shape index (κ1) is 19.3. The standard InChI is InChI=1S/C21H18F2N6O2/c1-28-8-12(6-25-28)20-14-5-17(24-7-18(14)26-27-20)19-15(22)3-11(4-16(19)23)21(30)29-9-13(10-29)31-2/h3-8,13H,9-10H2,1-2H3,(H,26,27). The van der Waals surface area contributed by atoms with Crippen molar-refractivity contribution in [3.63, 3.8) is 0 Å².